The molecule has 0 amide bonds. The zero-order chi connectivity index (χ0) is 19.2. The molecule has 4 rings (SSSR count). The van der Waals surface area contributed by atoms with Crippen LogP contribution in [-0.2, 0) is 6.42 Å². The number of nitrogens with zero attached hydrogens (tertiary/aromatic N) is 4. The lowest BCUT2D eigenvalue weighted by Crippen LogP contribution is -2.23. The molecule has 1 aliphatic heterocycles. The van der Waals surface area contributed by atoms with Crippen LogP contribution in [-0.4, -0.2) is 40.8 Å². The van der Waals surface area contributed by atoms with E-state index < -0.39 is 0 Å². The molecule has 0 fully saturated rings. The molecule has 29 heavy (non-hydrogen) atoms. The third kappa shape index (κ3) is 5.56. The van der Waals surface area contributed by atoms with Crippen molar-refractivity contribution in [2.24, 2.45) is 10.7 Å². The Morgan fingerprint density at radius 2 is 2.00 bits per heavy atom. The van der Waals surface area contributed by atoms with Crippen molar-refractivity contribution in [2.75, 3.05) is 25.1 Å². The molecule has 1 aromatic carbocycles. The van der Waals surface area contributed by atoms with E-state index in [0.717, 1.165) is 17.9 Å². The number of pyridine rings is 1. The Hall–Kier alpha value is -2.89. The fraction of sp³-hybridized carbons (Fsp3) is 0.263. The average Bonchev–Trinajstić information content (AvgIpc) is 3.06. The molecule has 3 heterocycles. The van der Waals surface area contributed by atoms with Crippen LogP contribution in [0.1, 0.15) is 12.2 Å². The van der Waals surface area contributed by atoms with E-state index in [9.17, 15) is 0 Å². The standard InChI is InChI=1S/C19H20N6O3.HI/c20-19(23-13-5-6-15-16(12-13)27-11-3-10-26-15)22-9-7-17-24-18(28-25-17)14-4-1-2-8-21-14;/h1-2,4-6,8,12H,3,7,9-11H2,(H3,20,22,23);1H. The Morgan fingerprint density at radius 1 is 1.14 bits per heavy atom. The van der Waals surface area contributed by atoms with Gasteiger partial charge in [-0.05, 0) is 24.3 Å². The maximum atomic E-state index is 5.97. The third-order valence-electron chi connectivity index (χ3n) is 3.99. The number of guanidine groups is 1. The van der Waals surface area contributed by atoms with E-state index >= 15 is 0 Å². The van der Waals surface area contributed by atoms with Crippen molar-refractivity contribution in [3.05, 3.63) is 48.4 Å². The monoisotopic (exact) mass is 508 g/mol. The first kappa shape index (κ1) is 20.8. The van der Waals surface area contributed by atoms with E-state index in [1.165, 1.54) is 0 Å². The first-order valence-corrected chi connectivity index (χ1v) is 8.98. The van der Waals surface area contributed by atoms with Gasteiger partial charge in [0.25, 0.3) is 5.89 Å². The summed E-state index contributed by atoms with van der Waals surface area (Å²) >= 11 is 0. The molecule has 1 aliphatic rings. The van der Waals surface area contributed by atoms with E-state index in [-0.39, 0.29) is 24.0 Å². The van der Waals surface area contributed by atoms with Crippen LogP contribution in [0.15, 0.2) is 52.1 Å². The molecular weight excluding hydrogens is 487 g/mol. The second-order valence-corrected chi connectivity index (χ2v) is 6.08. The smallest absolute Gasteiger partial charge is 0.276 e. The zero-order valence-corrected chi connectivity index (χ0v) is 17.9. The van der Waals surface area contributed by atoms with Gasteiger partial charge in [-0.2, -0.15) is 4.98 Å². The summed E-state index contributed by atoms with van der Waals surface area (Å²) in [4.78, 5) is 12.8. The molecule has 0 spiro atoms. The summed E-state index contributed by atoms with van der Waals surface area (Å²) in [6.07, 6.45) is 3.04. The predicted octanol–water partition coefficient (Wildman–Crippen LogP) is 2.88. The number of ether oxygens (including phenoxy) is 2. The summed E-state index contributed by atoms with van der Waals surface area (Å²) in [5.74, 6) is 2.66. The molecule has 0 radical (unpaired) electrons. The molecule has 0 saturated heterocycles. The topological polar surface area (TPSA) is 121 Å². The van der Waals surface area contributed by atoms with Crippen molar-refractivity contribution in [3.8, 4) is 23.1 Å². The second-order valence-electron chi connectivity index (χ2n) is 6.08. The average molecular weight is 508 g/mol. The molecule has 3 aromatic rings. The van der Waals surface area contributed by atoms with E-state index in [1.54, 1.807) is 6.20 Å². The minimum atomic E-state index is 0. The fourth-order valence-corrected chi connectivity index (χ4v) is 2.65. The van der Waals surface area contributed by atoms with Gasteiger partial charge in [0.2, 0.25) is 0 Å². The van der Waals surface area contributed by atoms with Crippen LogP contribution in [0.2, 0.25) is 0 Å². The van der Waals surface area contributed by atoms with Crippen molar-refractivity contribution in [3.63, 3.8) is 0 Å². The number of rotatable bonds is 5. The summed E-state index contributed by atoms with van der Waals surface area (Å²) in [5, 5.41) is 6.99. The Balaban J connectivity index is 0.00000240. The molecule has 3 N–H and O–H groups in total. The van der Waals surface area contributed by atoms with Gasteiger partial charge in [0.05, 0.1) is 13.2 Å². The quantitative estimate of drug-likeness (QED) is 0.307. The number of hydrogen-bond donors (Lipinski definition) is 2. The summed E-state index contributed by atoms with van der Waals surface area (Å²) in [5.41, 5.74) is 7.38. The van der Waals surface area contributed by atoms with E-state index in [1.807, 2.05) is 36.4 Å². The maximum absolute atomic E-state index is 5.97. The fourth-order valence-electron chi connectivity index (χ4n) is 2.65. The van der Waals surface area contributed by atoms with Crippen LogP contribution in [0.4, 0.5) is 5.69 Å². The van der Waals surface area contributed by atoms with Gasteiger partial charge in [0.15, 0.2) is 23.3 Å². The molecule has 10 heteroatoms. The number of benzene rings is 1. The molecule has 0 saturated carbocycles. The SMILES string of the molecule is I.NC(=NCCc1noc(-c2ccccn2)n1)Nc1ccc2c(c1)OCCCO2. The first-order chi connectivity index (χ1) is 13.8. The van der Waals surface area contributed by atoms with Gasteiger partial charge in [0, 0.05) is 37.3 Å². The van der Waals surface area contributed by atoms with Crippen molar-refractivity contribution in [1.82, 2.24) is 15.1 Å². The predicted molar refractivity (Wildman–Crippen MR) is 119 cm³/mol. The van der Waals surface area contributed by atoms with E-state index in [4.69, 9.17) is 19.7 Å². The number of aliphatic imine (C=N–C) groups is 1. The minimum absolute atomic E-state index is 0. The lowest BCUT2D eigenvalue weighted by Gasteiger charge is -2.10. The van der Waals surface area contributed by atoms with Crippen LogP contribution in [0.25, 0.3) is 11.6 Å². The number of fused-ring (bicyclic) bond motifs is 1. The second kappa shape index (κ2) is 10.0. The maximum Gasteiger partial charge on any atom is 0.276 e. The van der Waals surface area contributed by atoms with Crippen LogP contribution in [0, 0.1) is 0 Å². The van der Waals surface area contributed by atoms with Gasteiger partial charge in [-0.25, -0.2) is 0 Å². The highest BCUT2D eigenvalue weighted by Gasteiger charge is 2.11. The highest BCUT2D eigenvalue weighted by molar-refractivity contribution is 14.0. The molecular formula is C19H21IN6O3. The van der Waals surface area contributed by atoms with Crippen molar-refractivity contribution in [1.29, 1.82) is 0 Å². The normalized spacial score (nSPS) is 13.3. The lowest BCUT2D eigenvalue weighted by atomic mass is 10.3. The Labute approximate surface area is 184 Å². The summed E-state index contributed by atoms with van der Waals surface area (Å²) in [6.45, 7) is 1.71. The number of hydrogen-bond acceptors (Lipinski definition) is 7. The lowest BCUT2D eigenvalue weighted by molar-refractivity contribution is 0.297. The van der Waals surface area contributed by atoms with Crippen LogP contribution < -0.4 is 20.5 Å². The van der Waals surface area contributed by atoms with E-state index in [0.29, 0.717) is 55.3 Å². The van der Waals surface area contributed by atoms with Crippen LogP contribution in [0.5, 0.6) is 11.5 Å². The van der Waals surface area contributed by atoms with Gasteiger partial charge in [-0.3, -0.25) is 9.98 Å². The molecule has 0 atom stereocenters. The number of nitrogens with one attached hydrogen (secondary N) is 1. The molecule has 152 valence electrons. The minimum Gasteiger partial charge on any atom is -0.490 e. The Bertz CT molecular complexity index is 964. The summed E-state index contributed by atoms with van der Waals surface area (Å²) in [7, 11) is 0. The number of aromatic nitrogens is 3. The largest absolute Gasteiger partial charge is 0.490 e. The van der Waals surface area contributed by atoms with Gasteiger partial charge in [-0.15, -0.1) is 24.0 Å². The number of halogens is 1. The van der Waals surface area contributed by atoms with Crippen molar-refractivity contribution >= 4 is 35.6 Å². The molecule has 0 aliphatic carbocycles. The molecule has 2 aromatic heterocycles. The van der Waals surface area contributed by atoms with Gasteiger partial charge < -0.3 is 25.0 Å². The third-order valence-corrected chi connectivity index (χ3v) is 3.99. The van der Waals surface area contributed by atoms with Gasteiger partial charge in [0.1, 0.15) is 5.69 Å². The van der Waals surface area contributed by atoms with Gasteiger partial charge >= 0.3 is 0 Å². The molecule has 9 nitrogen and oxygen atoms in total. The van der Waals surface area contributed by atoms with Gasteiger partial charge in [-0.1, -0.05) is 11.2 Å². The number of anilines is 1. The van der Waals surface area contributed by atoms with Crippen LogP contribution >= 0.6 is 24.0 Å². The van der Waals surface area contributed by atoms with Crippen molar-refractivity contribution in [2.45, 2.75) is 12.8 Å². The Morgan fingerprint density at radius 3 is 2.83 bits per heavy atom. The number of nitrogens with two attached hydrogens (primary N) is 1. The summed E-state index contributed by atoms with van der Waals surface area (Å²) in [6, 6.07) is 11.1. The van der Waals surface area contributed by atoms with E-state index in [2.05, 4.69) is 25.4 Å². The zero-order valence-electron chi connectivity index (χ0n) is 15.6. The first-order valence-electron chi connectivity index (χ1n) is 8.98. The summed E-state index contributed by atoms with van der Waals surface area (Å²) < 4.78 is 16.5. The molecule has 0 unspecified atom stereocenters. The molecule has 0 bridgehead atoms. The highest BCUT2D eigenvalue weighted by atomic mass is 127. The Kier molecular flexibility index (Phi) is 7.22. The highest BCUT2D eigenvalue weighted by Crippen LogP contribution is 2.32. The van der Waals surface area contributed by atoms with Crippen LogP contribution in [0.3, 0.4) is 0 Å². The van der Waals surface area contributed by atoms with Crippen molar-refractivity contribution < 1.29 is 14.0 Å².